The van der Waals surface area contributed by atoms with Crippen molar-refractivity contribution in [3.63, 3.8) is 0 Å². The van der Waals surface area contributed by atoms with Crippen LogP contribution in [0, 0.1) is 0 Å². The summed E-state index contributed by atoms with van der Waals surface area (Å²) in [6.07, 6.45) is 1.46. The summed E-state index contributed by atoms with van der Waals surface area (Å²) in [6.45, 7) is 2.79. The average Bonchev–Trinajstić information content (AvgIpc) is 2.87. The number of hydrogen-bond acceptors (Lipinski definition) is 6. The molecule has 2 atom stereocenters. The first kappa shape index (κ1) is 13.4. The van der Waals surface area contributed by atoms with Gasteiger partial charge in [0.15, 0.2) is 5.82 Å². The van der Waals surface area contributed by atoms with Crippen molar-refractivity contribution in [2.24, 2.45) is 7.05 Å². The number of aromatic nitrogens is 4. The summed E-state index contributed by atoms with van der Waals surface area (Å²) >= 11 is 0. The fourth-order valence-corrected chi connectivity index (χ4v) is 2.46. The Balaban J connectivity index is 1.84. The molecule has 0 bridgehead atoms. The molecular formula is C11H22N6O. The second kappa shape index (κ2) is 5.73. The van der Waals surface area contributed by atoms with Gasteiger partial charge in [-0.25, -0.2) is 4.68 Å². The van der Waals surface area contributed by atoms with E-state index in [-0.39, 0.29) is 0 Å². The number of nitrogens with zero attached hydrogens (tertiary/aromatic N) is 6. The van der Waals surface area contributed by atoms with Crippen LogP contribution in [0.1, 0.15) is 12.2 Å². The molecule has 7 heteroatoms. The van der Waals surface area contributed by atoms with Gasteiger partial charge < -0.3 is 4.74 Å². The lowest BCUT2D eigenvalue weighted by Gasteiger charge is -2.24. The summed E-state index contributed by atoms with van der Waals surface area (Å²) in [5.41, 5.74) is 0. The van der Waals surface area contributed by atoms with E-state index >= 15 is 0 Å². The third kappa shape index (κ3) is 3.04. The fraction of sp³-hybridized carbons (Fsp3) is 0.909. The molecule has 0 radical (unpaired) electrons. The minimum atomic E-state index is 0.366. The molecule has 1 aromatic heterocycles. The number of ether oxygens (including phenoxy) is 1. The van der Waals surface area contributed by atoms with Gasteiger partial charge in [0.1, 0.15) is 0 Å². The highest BCUT2D eigenvalue weighted by molar-refractivity contribution is 4.87. The maximum atomic E-state index is 5.42. The Bertz CT molecular complexity index is 381. The molecule has 0 saturated carbocycles. The van der Waals surface area contributed by atoms with Gasteiger partial charge >= 0.3 is 0 Å². The quantitative estimate of drug-likeness (QED) is 0.697. The molecule has 2 heterocycles. The third-order valence-electron chi connectivity index (χ3n) is 3.62. The molecule has 0 spiro atoms. The average molecular weight is 254 g/mol. The maximum absolute atomic E-state index is 5.42. The largest absolute Gasteiger partial charge is 0.380 e. The second-order valence-electron chi connectivity index (χ2n) is 5.10. The Morgan fingerprint density at radius 2 is 2.22 bits per heavy atom. The van der Waals surface area contributed by atoms with Crippen LogP contribution < -0.4 is 0 Å². The van der Waals surface area contributed by atoms with Crippen molar-refractivity contribution in [1.29, 1.82) is 0 Å². The maximum Gasteiger partial charge on any atom is 0.164 e. The van der Waals surface area contributed by atoms with Crippen molar-refractivity contribution in [2.45, 2.75) is 25.1 Å². The summed E-state index contributed by atoms with van der Waals surface area (Å²) in [7, 11) is 7.91. The van der Waals surface area contributed by atoms with Crippen LogP contribution in [-0.4, -0.2) is 76.4 Å². The number of hydrogen-bond donors (Lipinski definition) is 0. The van der Waals surface area contributed by atoms with Crippen LogP contribution in [0.3, 0.4) is 0 Å². The molecule has 1 fully saturated rings. The molecule has 0 aliphatic carbocycles. The minimum Gasteiger partial charge on any atom is -0.380 e. The van der Waals surface area contributed by atoms with Gasteiger partial charge in [-0.05, 0) is 30.9 Å². The normalized spacial score (nSPS) is 25.2. The van der Waals surface area contributed by atoms with Crippen molar-refractivity contribution < 1.29 is 4.74 Å². The van der Waals surface area contributed by atoms with Crippen molar-refractivity contribution in [1.82, 2.24) is 30.0 Å². The Kier molecular flexibility index (Phi) is 4.26. The zero-order valence-corrected chi connectivity index (χ0v) is 11.6. The highest BCUT2D eigenvalue weighted by Crippen LogP contribution is 2.18. The summed E-state index contributed by atoms with van der Waals surface area (Å²) in [5.74, 6) is 0.890. The van der Waals surface area contributed by atoms with E-state index in [1.54, 1.807) is 11.8 Å². The van der Waals surface area contributed by atoms with E-state index in [0.29, 0.717) is 12.1 Å². The van der Waals surface area contributed by atoms with Gasteiger partial charge in [-0.3, -0.25) is 9.80 Å². The van der Waals surface area contributed by atoms with Crippen molar-refractivity contribution in [2.75, 3.05) is 34.3 Å². The lowest BCUT2D eigenvalue weighted by Crippen LogP contribution is -2.36. The van der Waals surface area contributed by atoms with Crippen LogP contribution in [0.25, 0.3) is 0 Å². The molecule has 1 saturated heterocycles. The molecule has 7 nitrogen and oxygen atoms in total. The van der Waals surface area contributed by atoms with E-state index in [1.807, 2.05) is 7.05 Å². The first-order chi connectivity index (χ1) is 8.60. The number of likely N-dealkylation sites (N-methyl/N-ethyl adjacent to an activating group) is 2. The summed E-state index contributed by atoms with van der Waals surface area (Å²) in [5, 5.41) is 11.5. The molecule has 0 N–H and O–H groups in total. The Labute approximate surface area is 108 Å². The molecule has 102 valence electrons. The van der Waals surface area contributed by atoms with Gasteiger partial charge in [0.2, 0.25) is 0 Å². The van der Waals surface area contributed by atoms with Crippen molar-refractivity contribution >= 4 is 0 Å². The highest BCUT2D eigenvalue weighted by atomic mass is 16.5. The van der Waals surface area contributed by atoms with Crippen molar-refractivity contribution in [3.8, 4) is 0 Å². The predicted molar refractivity (Wildman–Crippen MR) is 67.0 cm³/mol. The fourth-order valence-electron chi connectivity index (χ4n) is 2.46. The molecule has 0 amide bonds. The van der Waals surface area contributed by atoms with Crippen LogP contribution >= 0.6 is 0 Å². The Morgan fingerprint density at radius 1 is 1.44 bits per heavy atom. The Hall–Kier alpha value is -1.05. The number of tetrazole rings is 1. The lowest BCUT2D eigenvalue weighted by molar-refractivity contribution is 0.111. The van der Waals surface area contributed by atoms with E-state index < -0.39 is 0 Å². The van der Waals surface area contributed by atoms with Gasteiger partial charge in [0.25, 0.3) is 0 Å². The van der Waals surface area contributed by atoms with Crippen LogP contribution in [0.5, 0.6) is 0 Å². The zero-order valence-electron chi connectivity index (χ0n) is 11.6. The molecule has 1 aromatic rings. The smallest absolute Gasteiger partial charge is 0.164 e. The highest BCUT2D eigenvalue weighted by Gasteiger charge is 2.30. The molecule has 1 aliphatic heterocycles. The standard InChI is InChI=1S/C11H22N6O/c1-15(8-11-12-13-14-17(11)3)6-9-5-10(18-4)7-16(9)2/h9-10H,5-8H2,1-4H3/t9-,10-/m0/s1. The van der Waals surface area contributed by atoms with Crippen LogP contribution in [0.2, 0.25) is 0 Å². The first-order valence-corrected chi connectivity index (χ1v) is 6.23. The summed E-state index contributed by atoms with van der Waals surface area (Å²) in [4.78, 5) is 4.62. The van der Waals surface area contributed by atoms with E-state index in [0.717, 1.165) is 31.9 Å². The molecule has 1 aliphatic rings. The monoisotopic (exact) mass is 254 g/mol. The number of rotatable bonds is 5. The molecule has 2 rings (SSSR count). The topological polar surface area (TPSA) is 59.3 Å². The van der Waals surface area contributed by atoms with Crippen LogP contribution in [0.4, 0.5) is 0 Å². The number of aryl methyl sites for hydroxylation is 1. The summed E-state index contributed by atoms with van der Waals surface area (Å²) < 4.78 is 7.14. The second-order valence-corrected chi connectivity index (χ2v) is 5.10. The van der Waals surface area contributed by atoms with Gasteiger partial charge in [-0.15, -0.1) is 5.10 Å². The lowest BCUT2D eigenvalue weighted by atomic mass is 10.2. The zero-order chi connectivity index (χ0) is 13.1. The SMILES string of the molecule is CO[C@H]1C[C@@H](CN(C)Cc2nnnn2C)N(C)C1. The molecular weight excluding hydrogens is 232 g/mol. The molecule has 18 heavy (non-hydrogen) atoms. The predicted octanol–water partition coefficient (Wildman–Crippen LogP) is -0.639. The van der Waals surface area contributed by atoms with E-state index in [1.165, 1.54) is 0 Å². The third-order valence-corrected chi connectivity index (χ3v) is 3.62. The number of likely N-dealkylation sites (tertiary alicyclic amines) is 1. The first-order valence-electron chi connectivity index (χ1n) is 6.23. The molecule has 0 aromatic carbocycles. The van der Waals surface area contributed by atoms with Gasteiger partial charge in [0.05, 0.1) is 12.6 Å². The molecule has 0 unspecified atom stereocenters. The van der Waals surface area contributed by atoms with E-state index in [2.05, 4.69) is 39.4 Å². The van der Waals surface area contributed by atoms with E-state index in [9.17, 15) is 0 Å². The van der Waals surface area contributed by atoms with Gasteiger partial charge in [-0.2, -0.15) is 0 Å². The van der Waals surface area contributed by atoms with Crippen LogP contribution in [0.15, 0.2) is 0 Å². The van der Waals surface area contributed by atoms with Gasteiger partial charge in [-0.1, -0.05) is 0 Å². The van der Waals surface area contributed by atoms with E-state index in [4.69, 9.17) is 4.74 Å². The Morgan fingerprint density at radius 3 is 2.78 bits per heavy atom. The van der Waals surface area contributed by atoms with Crippen LogP contribution in [-0.2, 0) is 18.3 Å². The van der Waals surface area contributed by atoms with Crippen molar-refractivity contribution in [3.05, 3.63) is 5.82 Å². The number of methoxy groups -OCH3 is 1. The minimum absolute atomic E-state index is 0.366. The van der Waals surface area contributed by atoms with Gasteiger partial charge in [0, 0.05) is 33.3 Å². The summed E-state index contributed by atoms with van der Waals surface area (Å²) in [6, 6.07) is 0.543.